The van der Waals surface area contributed by atoms with Gasteiger partial charge < -0.3 is 4.74 Å². The molecule has 86 valence electrons. The number of hydrogen-bond acceptors (Lipinski definition) is 3. The number of benzene rings is 1. The second-order valence-corrected chi connectivity index (χ2v) is 3.03. The highest BCUT2D eigenvalue weighted by Gasteiger charge is 2.12. The third kappa shape index (κ3) is 2.85. The van der Waals surface area contributed by atoms with Gasteiger partial charge in [0.25, 0.3) is 0 Å². The van der Waals surface area contributed by atoms with Gasteiger partial charge in [-0.15, -0.1) is 0 Å². The second kappa shape index (κ2) is 5.34. The van der Waals surface area contributed by atoms with Crippen molar-refractivity contribution in [1.29, 1.82) is 0 Å². The minimum Gasteiger partial charge on any atom is -0.434 e. The molecule has 0 aliphatic carbocycles. The summed E-state index contributed by atoms with van der Waals surface area (Å²) < 4.78 is 28.0. The number of aldehydes is 1. The van der Waals surface area contributed by atoms with Crippen LogP contribution in [0, 0.1) is 0 Å². The van der Waals surface area contributed by atoms with Crippen LogP contribution in [-0.4, -0.2) is 18.7 Å². The van der Waals surface area contributed by atoms with Gasteiger partial charge in [0, 0.05) is 12.0 Å². The van der Waals surface area contributed by atoms with E-state index in [0.29, 0.717) is 11.8 Å². The maximum absolute atomic E-state index is 12.0. The molecular formula is C11H10F2O3. The lowest BCUT2D eigenvalue weighted by Crippen LogP contribution is -2.05. The molecule has 0 saturated carbocycles. The first-order valence-electron chi connectivity index (χ1n) is 4.65. The molecule has 0 heterocycles. The van der Waals surface area contributed by atoms with E-state index in [0.717, 1.165) is 0 Å². The molecule has 0 atom stereocenters. The minimum atomic E-state index is -2.99. The summed E-state index contributed by atoms with van der Waals surface area (Å²) in [6.07, 6.45) is 0.664. The summed E-state index contributed by atoms with van der Waals surface area (Å²) in [5, 5.41) is 0. The first-order chi connectivity index (χ1) is 7.58. The first-order valence-corrected chi connectivity index (χ1v) is 4.65. The number of halogens is 2. The molecule has 0 radical (unpaired) electrons. The van der Waals surface area contributed by atoms with E-state index in [-0.39, 0.29) is 23.5 Å². The highest BCUT2D eigenvalue weighted by atomic mass is 19.3. The van der Waals surface area contributed by atoms with E-state index in [1.54, 1.807) is 6.92 Å². The number of ketones is 1. The Morgan fingerprint density at radius 1 is 1.50 bits per heavy atom. The van der Waals surface area contributed by atoms with Crippen LogP contribution in [0.5, 0.6) is 5.75 Å². The van der Waals surface area contributed by atoms with Gasteiger partial charge in [0.2, 0.25) is 0 Å². The lowest BCUT2D eigenvalue weighted by atomic mass is 10.1. The molecule has 5 heteroatoms. The Morgan fingerprint density at radius 2 is 2.19 bits per heavy atom. The SMILES string of the molecule is CCC(=O)c1ccc(OC(F)F)c(C=O)c1. The zero-order valence-electron chi connectivity index (χ0n) is 8.57. The van der Waals surface area contributed by atoms with E-state index in [2.05, 4.69) is 4.74 Å². The van der Waals surface area contributed by atoms with Crippen LogP contribution in [0.15, 0.2) is 18.2 Å². The van der Waals surface area contributed by atoms with Gasteiger partial charge in [-0.05, 0) is 18.2 Å². The molecule has 0 fully saturated rings. The molecule has 0 amide bonds. The summed E-state index contributed by atoms with van der Waals surface area (Å²) in [5.41, 5.74) is 0.255. The number of Topliss-reactive ketones (excluding diaryl/α,β-unsaturated/α-hetero) is 1. The van der Waals surface area contributed by atoms with Crippen LogP contribution < -0.4 is 4.74 Å². The third-order valence-electron chi connectivity index (χ3n) is 2.00. The van der Waals surface area contributed by atoms with Gasteiger partial charge in [-0.25, -0.2) is 0 Å². The molecule has 0 aliphatic rings. The monoisotopic (exact) mass is 228 g/mol. The Hall–Kier alpha value is -1.78. The first kappa shape index (κ1) is 12.3. The van der Waals surface area contributed by atoms with Crippen molar-refractivity contribution in [3.05, 3.63) is 29.3 Å². The van der Waals surface area contributed by atoms with E-state index < -0.39 is 6.61 Å². The lowest BCUT2D eigenvalue weighted by Gasteiger charge is -2.07. The van der Waals surface area contributed by atoms with E-state index in [1.807, 2.05) is 0 Å². The number of hydrogen-bond donors (Lipinski definition) is 0. The van der Waals surface area contributed by atoms with Gasteiger partial charge >= 0.3 is 6.61 Å². The molecule has 0 spiro atoms. The van der Waals surface area contributed by atoms with Gasteiger partial charge in [-0.3, -0.25) is 9.59 Å². The van der Waals surface area contributed by atoms with Crippen LogP contribution >= 0.6 is 0 Å². The summed E-state index contributed by atoms with van der Waals surface area (Å²) in [5.74, 6) is -0.385. The van der Waals surface area contributed by atoms with Gasteiger partial charge in [0.1, 0.15) is 5.75 Å². The van der Waals surface area contributed by atoms with Gasteiger partial charge in [-0.1, -0.05) is 6.92 Å². The highest BCUT2D eigenvalue weighted by molar-refractivity contribution is 5.97. The van der Waals surface area contributed by atoms with Gasteiger partial charge in [0.15, 0.2) is 12.1 Å². The van der Waals surface area contributed by atoms with Gasteiger partial charge in [0.05, 0.1) is 5.56 Å². The Balaban J connectivity index is 3.06. The quantitative estimate of drug-likeness (QED) is 0.574. The van der Waals surface area contributed by atoms with E-state index >= 15 is 0 Å². The van der Waals surface area contributed by atoms with Crippen molar-refractivity contribution in [1.82, 2.24) is 0 Å². The van der Waals surface area contributed by atoms with Crippen molar-refractivity contribution in [2.45, 2.75) is 20.0 Å². The maximum atomic E-state index is 12.0. The van der Waals surface area contributed by atoms with Crippen LogP contribution in [0.2, 0.25) is 0 Å². The average molecular weight is 228 g/mol. The summed E-state index contributed by atoms with van der Waals surface area (Å²) in [7, 11) is 0. The fourth-order valence-corrected chi connectivity index (χ4v) is 1.22. The fraction of sp³-hybridized carbons (Fsp3) is 0.273. The predicted octanol–water partition coefficient (Wildman–Crippen LogP) is 2.69. The Kier molecular flexibility index (Phi) is 4.10. The van der Waals surface area contributed by atoms with E-state index in [4.69, 9.17) is 0 Å². The minimum absolute atomic E-state index is 0.0559. The van der Waals surface area contributed by atoms with Crippen LogP contribution in [0.25, 0.3) is 0 Å². The average Bonchev–Trinajstić information content (AvgIpc) is 2.27. The second-order valence-electron chi connectivity index (χ2n) is 3.03. The van der Waals surface area contributed by atoms with Crippen LogP contribution in [0.3, 0.4) is 0 Å². The maximum Gasteiger partial charge on any atom is 0.387 e. The Labute approximate surface area is 91.0 Å². The molecule has 0 saturated heterocycles. The van der Waals surface area contributed by atoms with Crippen LogP contribution in [-0.2, 0) is 0 Å². The lowest BCUT2D eigenvalue weighted by molar-refractivity contribution is -0.0500. The number of carbonyl (C=O) groups is 2. The molecule has 0 aromatic heterocycles. The molecule has 0 aliphatic heterocycles. The summed E-state index contributed by atoms with van der Waals surface area (Å²) >= 11 is 0. The summed E-state index contributed by atoms with van der Waals surface area (Å²) in [4.78, 5) is 21.9. The molecule has 1 aromatic carbocycles. The van der Waals surface area contributed by atoms with Crippen LogP contribution in [0.4, 0.5) is 8.78 Å². The van der Waals surface area contributed by atoms with Crippen molar-refractivity contribution >= 4 is 12.1 Å². The predicted molar refractivity (Wildman–Crippen MR) is 53.1 cm³/mol. The zero-order chi connectivity index (χ0) is 12.1. The highest BCUT2D eigenvalue weighted by Crippen LogP contribution is 2.21. The molecule has 1 aromatic rings. The van der Waals surface area contributed by atoms with Crippen molar-refractivity contribution in [3.8, 4) is 5.75 Å². The topological polar surface area (TPSA) is 43.4 Å². The molecule has 0 bridgehead atoms. The zero-order valence-corrected chi connectivity index (χ0v) is 8.57. The standard InChI is InChI=1S/C11H10F2O3/c1-2-9(15)7-3-4-10(16-11(12)13)8(5-7)6-14/h3-6,11H,2H2,1H3. The smallest absolute Gasteiger partial charge is 0.387 e. The van der Waals surface area contributed by atoms with E-state index in [1.165, 1.54) is 18.2 Å². The molecule has 0 N–H and O–H groups in total. The molecule has 0 unspecified atom stereocenters. The Morgan fingerprint density at radius 3 is 2.69 bits per heavy atom. The van der Waals surface area contributed by atoms with Crippen molar-refractivity contribution in [2.75, 3.05) is 0 Å². The fourth-order valence-electron chi connectivity index (χ4n) is 1.22. The Bertz CT molecular complexity index is 402. The summed E-state index contributed by atoms with van der Waals surface area (Å²) in [6.45, 7) is -1.32. The molecule has 16 heavy (non-hydrogen) atoms. The normalized spacial score (nSPS) is 10.2. The molecular weight excluding hydrogens is 218 g/mol. The van der Waals surface area contributed by atoms with Crippen molar-refractivity contribution in [3.63, 3.8) is 0 Å². The number of carbonyl (C=O) groups excluding carboxylic acids is 2. The number of ether oxygens (including phenoxy) is 1. The van der Waals surface area contributed by atoms with Gasteiger partial charge in [-0.2, -0.15) is 8.78 Å². The number of rotatable bonds is 5. The van der Waals surface area contributed by atoms with Crippen molar-refractivity contribution in [2.24, 2.45) is 0 Å². The molecule has 1 rings (SSSR count). The largest absolute Gasteiger partial charge is 0.434 e. The third-order valence-corrected chi connectivity index (χ3v) is 2.00. The summed E-state index contributed by atoms with van der Waals surface area (Å²) in [6, 6.07) is 3.80. The van der Waals surface area contributed by atoms with E-state index in [9.17, 15) is 18.4 Å². The molecule has 3 nitrogen and oxygen atoms in total. The van der Waals surface area contributed by atoms with Crippen LogP contribution in [0.1, 0.15) is 34.1 Å². The van der Waals surface area contributed by atoms with Crippen molar-refractivity contribution < 1.29 is 23.1 Å². The number of alkyl halides is 2.